The van der Waals surface area contributed by atoms with Crippen LogP contribution >= 0.6 is 23.2 Å². The summed E-state index contributed by atoms with van der Waals surface area (Å²) in [6.07, 6.45) is 0.497. The standard InChI is InChI=1S/C14H16Cl2N2O2/c1-4-9-12(19)17-14(2,3)13(20)18(9)10-7-5-6-8(15)11(10)16/h5-7,9H,4H2,1-3H3,(H,17,19). The summed E-state index contributed by atoms with van der Waals surface area (Å²) in [6, 6.07) is 4.48. The number of carbonyl (C=O) groups excluding carboxylic acids is 2. The third kappa shape index (κ3) is 2.38. The fraction of sp³-hybridized carbons (Fsp3) is 0.429. The Morgan fingerprint density at radius 2 is 1.95 bits per heavy atom. The molecule has 20 heavy (non-hydrogen) atoms. The predicted octanol–water partition coefficient (Wildman–Crippen LogP) is 3.01. The molecule has 1 aliphatic heterocycles. The number of carbonyl (C=O) groups is 2. The number of benzene rings is 1. The zero-order valence-corrected chi connectivity index (χ0v) is 13.0. The second kappa shape index (κ2) is 5.26. The third-order valence-electron chi connectivity index (χ3n) is 3.38. The first-order valence-electron chi connectivity index (χ1n) is 6.39. The molecule has 2 amide bonds. The average Bonchev–Trinajstić information content (AvgIpc) is 2.37. The molecule has 1 aliphatic rings. The Hall–Kier alpha value is -1.26. The van der Waals surface area contributed by atoms with Crippen molar-refractivity contribution in [2.75, 3.05) is 4.90 Å². The SMILES string of the molecule is CCC1C(=O)NC(C)(C)C(=O)N1c1cccc(Cl)c1Cl. The number of hydrogen-bond donors (Lipinski definition) is 1. The van der Waals surface area contributed by atoms with E-state index in [9.17, 15) is 9.59 Å². The van der Waals surface area contributed by atoms with Crippen LogP contribution in [0.1, 0.15) is 27.2 Å². The molecule has 1 unspecified atom stereocenters. The van der Waals surface area contributed by atoms with E-state index in [1.165, 1.54) is 4.90 Å². The summed E-state index contributed by atoms with van der Waals surface area (Å²) in [5.41, 5.74) is -0.493. The number of piperazine rings is 1. The fourth-order valence-corrected chi connectivity index (χ4v) is 2.72. The molecular weight excluding hydrogens is 299 g/mol. The summed E-state index contributed by atoms with van der Waals surface area (Å²) >= 11 is 12.2. The Balaban J connectivity index is 2.57. The van der Waals surface area contributed by atoms with Gasteiger partial charge in [-0.25, -0.2) is 0 Å². The Kier molecular flexibility index (Phi) is 3.98. The van der Waals surface area contributed by atoms with Crippen molar-refractivity contribution in [2.45, 2.75) is 38.8 Å². The van der Waals surface area contributed by atoms with Gasteiger partial charge in [-0.1, -0.05) is 36.2 Å². The van der Waals surface area contributed by atoms with Crippen LogP contribution in [0.25, 0.3) is 0 Å². The van der Waals surface area contributed by atoms with E-state index in [0.29, 0.717) is 17.1 Å². The van der Waals surface area contributed by atoms with E-state index in [4.69, 9.17) is 23.2 Å². The van der Waals surface area contributed by atoms with Crippen LogP contribution in [0.2, 0.25) is 10.0 Å². The van der Waals surface area contributed by atoms with Crippen molar-refractivity contribution >= 4 is 40.7 Å². The van der Waals surface area contributed by atoms with E-state index in [-0.39, 0.29) is 16.8 Å². The molecule has 0 bridgehead atoms. The molecule has 1 atom stereocenters. The third-order valence-corrected chi connectivity index (χ3v) is 4.19. The maximum Gasteiger partial charge on any atom is 0.252 e. The number of rotatable bonds is 2. The normalized spacial score (nSPS) is 21.9. The topological polar surface area (TPSA) is 49.4 Å². The minimum absolute atomic E-state index is 0.187. The molecule has 0 radical (unpaired) electrons. The van der Waals surface area contributed by atoms with Crippen molar-refractivity contribution in [3.05, 3.63) is 28.2 Å². The van der Waals surface area contributed by atoms with Crippen LogP contribution in [0, 0.1) is 0 Å². The number of halogens is 2. The number of hydrogen-bond acceptors (Lipinski definition) is 2. The highest BCUT2D eigenvalue weighted by atomic mass is 35.5. The van der Waals surface area contributed by atoms with Crippen LogP contribution in [0.5, 0.6) is 0 Å². The summed E-state index contributed by atoms with van der Waals surface area (Å²) in [4.78, 5) is 26.3. The molecule has 0 spiro atoms. The minimum atomic E-state index is -0.964. The van der Waals surface area contributed by atoms with Gasteiger partial charge in [0, 0.05) is 0 Å². The van der Waals surface area contributed by atoms with Crippen LogP contribution in [0.4, 0.5) is 5.69 Å². The van der Waals surface area contributed by atoms with Crippen molar-refractivity contribution in [2.24, 2.45) is 0 Å². The molecule has 6 heteroatoms. The minimum Gasteiger partial charge on any atom is -0.340 e. The lowest BCUT2D eigenvalue weighted by Crippen LogP contribution is -2.68. The molecule has 1 saturated heterocycles. The number of amides is 2. The average molecular weight is 315 g/mol. The van der Waals surface area contributed by atoms with Gasteiger partial charge in [0.25, 0.3) is 5.91 Å². The number of nitrogens with one attached hydrogen (secondary N) is 1. The maximum atomic E-state index is 12.6. The molecule has 1 aromatic rings. The predicted molar refractivity (Wildman–Crippen MR) is 80.2 cm³/mol. The Bertz CT molecular complexity index is 572. The van der Waals surface area contributed by atoms with E-state index in [1.807, 2.05) is 6.92 Å². The monoisotopic (exact) mass is 314 g/mol. The van der Waals surface area contributed by atoms with Crippen LogP contribution in [-0.2, 0) is 9.59 Å². The van der Waals surface area contributed by atoms with Gasteiger partial charge in [0.15, 0.2) is 0 Å². The van der Waals surface area contributed by atoms with Crippen molar-refractivity contribution in [3.8, 4) is 0 Å². The summed E-state index contributed by atoms with van der Waals surface area (Å²) in [5.74, 6) is -0.388. The molecule has 108 valence electrons. The summed E-state index contributed by atoms with van der Waals surface area (Å²) in [7, 11) is 0. The van der Waals surface area contributed by atoms with Gasteiger partial charge in [-0.2, -0.15) is 0 Å². The highest BCUT2D eigenvalue weighted by Gasteiger charge is 2.45. The molecule has 0 saturated carbocycles. The zero-order valence-electron chi connectivity index (χ0n) is 11.5. The molecular formula is C14H16Cl2N2O2. The van der Waals surface area contributed by atoms with Crippen molar-refractivity contribution in [1.29, 1.82) is 0 Å². The molecule has 0 aliphatic carbocycles. The molecule has 0 aromatic heterocycles. The molecule has 4 nitrogen and oxygen atoms in total. The van der Waals surface area contributed by atoms with Gasteiger partial charge in [0.2, 0.25) is 5.91 Å². The lowest BCUT2D eigenvalue weighted by Gasteiger charge is -2.42. The first kappa shape index (κ1) is 15.1. The number of anilines is 1. The highest BCUT2D eigenvalue weighted by Crippen LogP contribution is 2.36. The van der Waals surface area contributed by atoms with E-state index >= 15 is 0 Å². The smallest absolute Gasteiger partial charge is 0.252 e. The first-order valence-corrected chi connectivity index (χ1v) is 7.15. The Morgan fingerprint density at radius 3 is 2.55 bits per heavy atom. The molecule has 1 N–H and O–H groups in total. The first-order chi connectivity index (χ1) is 9.29. The lowest BCUT2D eigenvalue weighted by molar-refractivity contribution is -0.137. The quantitative estimate of drug-likeness (QED) is 0.912. The van der Waals surface area contributed by atoms with E-state index in [2.05, 4.69) is 5.32 Å². The molecule has 1 aromatic carbocycles. The van der Waals surface area contributed by atoms with Crippen LogP contribution in [0.15, 0.2) is 18.2 Å². The molecule has 1 heterocycles. The number of nitrogens with zero attached hydrogens (tertiary/aromatic N) is 1. The Labute approximate surface area is 128 Å². The zero-order chi connectivity index (χ0) is 15.1. The second-order valence-corrected chi connectivity index (χ2v) is 6.07. The van der Waals surface area contributed by atoms with E-state index in [1.54, 1.807) is 32.0 Å². The highest BCUT2D eigenvalue weighted by molar-refractivity contribution is 6.44. The summed E-state index contributed by atoms with van der Waals surface area (Å²) in [5, 5.41) is 3.37. The Morgan fingerprint density at radius 1 is 1.30 bits per heavy atom. The fourth-order valence-electron chi connectivity index (χ4n) is 2.33. The van der Waals surface area contributed by atoms with Crippen molar-refractivity contribution in [1.82, 2.24) is 5.32 Å². The maximum absolute atomic E-state index is 12.6. The van der Waals surface area contributed by atoms with Crippen LogP contribution in [-0.4, -0.2) is 23.4 Å². The van der Waals surface area contributed by atoms with Crippen molar-refractivity contribution in [3.63, 3.8) is 0 Å². The summed E-state index contributed by atoms with van der Waals surface area (Å²) in [6.45, 7) is 5.19. The van der Waals surface area contributed by atoms with Crippen molar-refractivity contribution < 1.29 is 9.59 Å². The second-order valence-electron chi connectivity index (χ2n) is 5.29. The van der Waals surface area contributed by atoms with E-state index < -0.39 is 11.6 Å². The van der Waals surface area contributed by atoms with Crippen LogP contribution < -0.4 is 10.2 Å². The van der Waals surface area contributed by atoms with E-state index in [0.717, 1.165) is 0 Å². The lowest BCUT2D eigenvalue weighted by atomic mass is 9.95. The molecule has 2 rings (SSSR count). The van der Waals surface area contributed by atoms with Gasteiger partial charge in [-0.3, -0.25) is 14.5 Å². The van der Waals surface area contributed by atoms with Gasteiger partial charge >= 0.3 is 0 Å². The van der Waals surface area contributed by atoms with Gasteiger partial charge in [0.1, 0.15) is 11.6 Å². The van der Waals surface area contributed by atoms with Gasteiger partial charge in [0.05, 0.1) is 15.7 Å². The molecule has 1 fully saturated rings. The largest absolute Gasteiger partial charge is 0.340 e. The van der Waals surface area contributed by atoms with Gasteiger partial charge in [-0.05, 0) is 32.4 Å². The summed E-state index contributed by atoms with van der Waals surface area (Å²) < 4.78 is 0. The van der Waals surface area contributed by atoms with Gasteiger partial charge < -0.3 is 5.32 Å². The van der Waals surface area contributed by atoms with Gasteiger partial charge in [-0.15, -0.1) is 0 Å². The van der Waals surface area contributed by atoms with Crippen LogP contribution in [0.3, 0.4) is 0 Å².